The third-order valence-electron chi connectivity index (χ3n) is 5.43. The molecule has 0 saturated carbocycles. The van der Waals surface area contributed by atoms with Crippen molar-refractivity contribution < 1.29 is 5.11 Å². The number of hydrogen-bond donors (Lipinski definition) is 1. The molecule has 1 unspecified atom stereocenters. The van der Waals surface area contributed by atoms with Crippen LogP contribution in [-0.4, -0.2) is 31.2 Å². The van der Waals surface area contributed by atoms with Crippen LogP contribution in [0.2, 0.25) is 0 Å². The van der Waals surface area contributed by atoms with Crippen molar-refractivity contribution in [2.24, 2.45) is 0 Å². The lowest BCUT2D eigenvalue weighted by atomic mass is 10.0. The second-order valence-corrected chi connectivity index (χ2v) is 7.86. The van der Waals surface area contributed by atoms with Crippen LogP contribution in [0.4, 0.5) is 0 Å². The van der Waals surface area contributed by atoms with Gasteiger partial charge in [0.2, 0.25) is 0 Å². The highest BCUT2D eigenvalue weighted by Gasteiger charge is 2.19. The first-order valence-corrected chi connectivity index (χ1v) is 10.4. The predicted molar refractivity (Wildman–Crippen MR) is 115 cm³/mol. The Morgan fingerprint density at radius 1 is 1.00 bits per heavy atom. The van der Waals surface area contributed by atoms with Crippen LogP contribution in [-0.2, 0) is 12.8 Å². The van der Waals surface area contributed by atoms with Gasteiger partial charge in [-0.25, -0.2) is 9.97 Å². The molecule has 1 N–H and O–H groups in total. The molecule has 5 heteroatoms. The molecule has 5 nitrogen and oxygen atoms in total. The lowest BCUT2D eigenvalue weighted by Gasteiger charge is -2.16. The fourth-order valence-corrected chi connectivity index (χ4v) is 3.68. The Kier molecular flexibility index (Phi) is 6.14. The summed E-state index contributed by atoms with van der Waals surface area (Å²) >= 11 is 0. The van der Waals surface area contributed by atoms with Gasteiger partial charge in [-0.2, -0.15) is 0 Å². The molecule has 0 aliphatic rings. The molecule has 150 valence electrons. The monoisotopic (exact) mass is 380 g/mol. The summed E-state index contributed by atoms with van der Waals surface area (Å²) in [6, 6.07) is 4.46. The molecule has 0 amide bonds. The first-order valence-electron chi connectivity index (χ1n) is 10.4. The molecule has 0 aromatic carbocycles. The maximum atomic E-state index is 9.33. The van der Waals surface area contributed by atoms with Gasteiger partial charge in [-0.15, -0.1) is 0 Å². The van der Waals surface area contributed by atoms with Gasteiger partial charge in [-0.1, -0.05) is 27.7 Å². The van der Waals surface area contributed by atoms with E-state index in [9.17, 15) is 5.11 Å². The largest absolute Gasteiger partial charge is 0.396 e. The molecule has 28 heavy (non-hydrogen) atoms. The Bertz CT molecular complexity index is 974. The second kappa shape index (κ2) is 8.39. The molecule has 3 heterocycles. The standard InChI is InChI=1S/C23H32N4O/c1-7-18-17(9-10-20(24-18)14(3)4)22-19(8-2)25-23-21(26-22)15(5)13-27(23)16(6)11-12-28/h9-10,13-14,16,28H,7-8,11-12H2,1-6H3. The van der Waals surface area contributed by atoms with Gasteiger partial charge in [0.1, 0.15) is 5.52 Å². The SMILES string of the molecule is CCc1nc(C(C)C)ccc1-c1nc2c(C)cn(C(C)CCO)c2nc1CC. The van der Waals surface area contributed by atoms with E-state index >= 15 is 0 Å². The van der Waals surface area contributed by atoms with E-state index in [1.54, 1.807) is 0 Å². The van der Waals surface area contributed by atoms with Crippen LogP contribution >= 0.6 is 0 Å². The first kappa shape index (κ1) is 20.5. The van der Waals surface area contributed by atoms with E-state index in [2.05, 4.69) is 64.4 Å². The van der Waals surface area contributed by atoms with Crippen LogP contribution in [0.15, 0.2) is 18.3 Å². The van der Waals surface area contributed by atoms with Crippen molar-refractivity contribution in [3.05, 3.63) is 41.0 Å². The second-order valence-electron chi connectivity index (χ2n) is 7.86. The third-order valence-corrected chi connectivity index (χ3v) is 5.43. The minimum atomic E-state index is 0.166. The zero-order valence-electron chi connectivity index (χ0n) is 18.0. The lowest BCUT2D eigenvalue weighted by molar-refractivity contribution is 0.264. The van der Waals surface area contributed by atoms with Gasteiger partial charge in [0.15, 0.2) is 5.65 Å². The van der Waals surface area contributed by atoms with Crippen molar-refractivity contribution in [2.45, 2.75) is 72.8 Å². The summed E-state index contributed by atoms with van der Waals surface area (Å²) in [7, 11) is 0. The van der Waals surface area contributed by atoms with Crippen molar-refractivity contribution >= 4 is 11.2 Å². The summed E-state index contributed by atoms with van der Waals surface area (Å²) in [5.74, 6) is 0.405. The van der Waals surface area contributed by atoms with Crippen LogP contribution in [0.25, 0.3) is 22.4 Å². The highest BCUT2D eigenvalue weighted by Crippen LogP contribution is 2.31. The van der Waals surface area contributed by atoms with E-state index in [-0.39, 0.29) is 12.6 Å². The van der Waals surface area contributed by atoms with Crippen molar-refractivity contribution in [1.29, 1.82) is 0 Å². The van der Waals surface area contributed by atoms with Gasteiger partial charge in [0, 0.05) is 35.8 Å². The van der Waals surface area contributed by atoms with Gasteiger partial charge < -0.3 is 9.67 Å². The van der Waals surface area contributed by atoms with Crippen LogP contribution in [0, 0.1) is 6.92 Å². The van der Waals surface area contributed by atoms with Crippen molar-refractivity contribution in [2.75, 3.05) is 6.61 Å². The number of aromatic nitrogens is 4. The molecule has 3 aromatic rings. The number of aliphatic hydroxyl groups excluding tert-OH is 1. The molecule has 0 bridgehead atoms. The van der Waals surface area contributed by atoms with Crippen molar-refractivity contribution in [1.82, 2.24) is 19.5 Å². The summed E-state index contributed by atoms with van der Waals surface area (Å²) in [4.78, 5) is 15.0. The van der Waals surface area contributed by atoms with Crippen LogP contribution in [0.3, 0.4) is 0 Å². The zero-order chi connectivity index (χ0) is 20.4. The Morgan fingerprint density at radius 3 is 2.32 bits per heavy atom. The van der Waals surface area contributed by atoms with E-state index in [4.69, 9.17) is 15.0 Å². The van der Waals surface area contributed by atoms with Gasteiger partial charge in [-0.3, -0.25) is 4.98 Å². The summed E-state index contributed by atoms with van der Waals surface area (Å²) in [6.45, 7) is 13.0. The Morgan fingerprint density at radius 2 is 1.71 bits per heavy atom. The molecule has 3 aromatic heterocycles. The van der Waals surface area contributed by atoms with E-state index in [0.717, 1.165) is 57.9 Å². The number of nitrogens with zero attached hydrogens (tertiary/aromatic N) is 4. The average molecular weight is 381 g/mol. The number of aryl methyl sites for hydroxylation is 3. The molecule has 0 spiro atoms. The number of pyridine rings is 1. The van der Waals surface area contributed by atoms with Crippen LogP contribution in [0.5, 0.6) is 0 Å². The summed E-state index contributed by atoms with van der Waals surface area (Å²) in [6.07, 6.45) is 4.49. The normalized spacial score (nSPS) is 12.9. The zero-order valence-corrected chi connectivity index (χ0v) is 18.0. The van der Waals surface area contributed by atoms with Gasteiger partial charge in [-0.05, 0) is 56.7 Å². The summed E-state index contributed by atoms with van der Waals surface area (Å²) < 4.78 is 2.15. The molecule has 0 aliphatic carbocycles. The number of hydrogen-bond acceptors (Lipinski definition) is 4. The molecule has 0 aliphatic heterocycles. The van der Waals surface area contributed by atoms with E-state index in [1.165, 1.54) is 0 Å². The molecular weight excluding hydrogens is 348 g/mol. The molecule has 1 atom stereocenters. The first-order chi connectivity index (χ1) is 13.4. The lowest BCUT2D eigenvalue weighted by Crippen LogP contribution is -2.08. The number of fused-ring (bicyclic) bond motifs is 1. The maximum Gasteiger partial charge on any atom is 0.159 e. The van der Waals surface area contributed by atoms with Gasteiger partial charge in [0.25, 0.3) is 0 Å². The smallest absolute Gasteiger partial charge is 0.159 e. The summed E-state index contributed by atoms with van der Waals surface area (Å²) in [5, 5.41) is 9.33. The fraction of sp³-hybridized carbons (Fsp3) is 0.522. The highest BCUT2D eigenvalue weighted by molar-refractivity contribution is 5.80. The molecular formula is C23H32N4O. The Hall–Kier alpha value is -2.27. The minimum Gasteiger partial charge on any atom is -0.396 e. The quantitative estimate of drug-likeness (QED) is 0.627. The predicted octanol–water partition coefficient (Wildman–Crippen LogP) is 4.99. The topological polar surface area (TPSA) is 63.8 Å². The average Bonchev–Trinajstić information content (AvgIpc) is 3.02. The maximum absolute atomic E-state index is 9.33. The third kappa shape index (κ3) is 3.68. The fourth-order valence-electron chi connectivity index (χ4n) is 3.68. The van der Waals surface area contributed by atoms with Gasteiger partial charge >= 0.3 is 0 Å². The van der Waals surface area contributed by atoms with Crippen molar-refractivity contribution in [3.63, 3.8) is 0 Å². The van der Waals surface area contributed by atoms with Gasteiger partial charge in [0.05, 0.1) is 11.4 Å². The Labute approximate surface area is 167 Å². The number of rotatable bonds is 7. The molecule has 0 saturated heterocycles. The van der Waals surface area contributed by atoms with Crippen molar-refractivity contribution in [3.8, 4) is 11.3 Å². The summed E-state index contributed by atoms with van der Waals surface area (Å²) in [5.41, 5.74) is 8.20. The van der Waals surface area contributed by atoms with Crippen LogP contribution in [0.1, 0.15) is 75.6 Å². The Balaban J connectivity index is 2.21. The molecule has 0 fully saturated rings. The van der Waals surface area contributed by atoms with E-state index in [0.29, 0.717) is 12.3 Å². The van der Waals surface area contributed by atoms with E-state index < -0.39 is 0 Å². The van der Waals surface area contributed by atoms with Crippen LogP contribution < -0.4 is 0 Å². The highest BCUT2D eigenvalue weighted by atomic mass is 16.3. The molecule has 0 radical (unpaired) electrons. The number of aliphatic hydroxyl groups is 1. The van der Waals surface area contributed by atoms with E-state index in [1.807, 2.05) is 0 Å². The molecule has 3 rings (SSSR count). The minimum absolute atomic E-state index is 0.166.